The van der Waals surface area contributed by atoms with Crippen molar-refractivity contribution < 1.29 is 14.3 Å². The summed E-state index contributed by atoms with van der Waals surface area (Å²) in [5.41, 5.74) is 2.44. The number of benzene rings is 2. The first-order chi connectivity index (χ1) is 13.6. The number of nitrogens with one attached hydrogen (secondary N) is 3. The van der Waals surface area contributed by atoms with Crippen LogP contribution in [-0.2, 0) is 9.53 Å². The molecule has 1 aliphatic rings. The Morgan fingerprint density at radius 1 is 1.11 bits per heavy atom. The first kappa shape index (κ1) is 19.9. The Labute approximate surface area is 165 Å². The summed E-state index contributed by atoms with van der Waals surface area (Å²) in [6.45, 7) is 3.44. The highest BCUT2D eigenvalue weighted by Gasteiger charge is 2.16. The van der Waals surface area contributed by atoms with Gasteiger partial charge in [-0.1, -0.05) is 30.3 Å². The lowest BCUT2D eigenvalue weighted by atomic mass is 10.1. The van der Waals surface area contributed by atoms with Crippen LogP contribution in [0.15, 0.2) is 54.6 Å². The van der Waals surface area contributed by atoms with Gasteiger partial charge >= 0.3 is 0 Å². The average Bonchev–Trinajstić information content (AvgIpc) is 3.25. The summed E-state index contributed by atoms with van der Waals surface area (Å²) in [5, 5.41) is 8.94. The van der Waals surface area contributed by atoms with Crippen molar-refractivity contribution in [3.63, 3.8) is 0 Å². The van der Waals surface area contributed by atoms with E-state index in [0.29, 0.717) is 12.1 Å². The Morgan fingerprint density at radius 3 is 2.54 bits per heavy atom. The molecule has 0 radical (unpaired) electrons. The van der Waals surface area contributed by atoms with Crippen LogP contribution in [0.3, 0.4) is 0 Å². The second kappa shape index (κ2) is 9.90. The van der Waals surface area contributed by atoms with Crippen molar-refractivity contribution in [2.24, 2.45) is 0 Å². The van der Waals surface area contributed by atoms with Crippen LogP contribution >= 0.6 is 0 Å². The lowest BCUT2D eigenvalue weighted by Crippen LogP contribution is -2.32. The quantitative estimate of drug-likeness (QED) is 0.657. The summed E-state index contributed by atoms with van der Waals surface area (Å²) in [6.07, 6.45) is 2.17. The highest BCUT2D eigenvalue weighted by molar-refractivity contribution is 5.94. The third-order valence-electron chi connectivity index (χ3n) is 4.79. The van der Waals surface area contributed by atoms with E-state index in [1.54, 1.807) is 24.3 Å². The Hall–Kier alpha value is -2.86. The number of ether oxygens (including phenoxy) is 1. The average molecular weight is 381 g/mol. The maximum Gasteiger partial charge on any atom is 0.251 e. The molecule has 1 saturated heterocycles. The zero-order chi connectivity index (χ0) is 19.8. The van der Waals surface area contributed by atoms with E-state index in [-0.39, 0.29) is 30.5 Å². The highest BCUT2D eigenvalue weighted by Crippen LogP contribution is 2.13. The second-order valence-corrected chi connectivity index (χ2v) is 6.98. The molecule has 3 N–H and O–H groups in total. The molecule has 1 fully saturated rings. The van der Waals surface area contributed by atoms with Gasteiger partial charge in [0.2, 0.25) is 5.91 Å². The molecule has 0 aromatic heterocycles. The van der Waals surface area contributed by atoms with E-state index in [0.717, 1.165) is 30.7 Å². The van der Waals surface area contributed by atoms with Gasteiger partial charge in [-0.05, 0) is 49.6 Å². The van der Waals surface area contributed by atoms with Gasteiger partial charge in [0.15, 0.2) is 0 Å². The molecule has 2 aromatic carbocycles. The van der Waals surface area contributed by atoms with Crippen LogP contribution in [0.2, 0.25) is 0 Å². The SMILES string of the molecule is CC(NC(=O)CNc1ccc(C(=O)NCC2CCCO2)cc1)c1ccccc1. The zero-order valence-electron chi connectivity index (χ0n) is 16.1. The molecule has 6 heteroatoms. The van der Waals surface area contributed by atoms with Crippen LogP contribution in [0.4, 0.5) is 5.69 Å². The number of rotatable bonds is 8. The third kappa shape index (κ3) is 5.82. The van der Waals surface area contributed by atoms with E-state index in [1.807, 2.05) is 37.3 Å². The molecule has 1 heterocycles. The molecule has 3 rings (SSSR count). The molecule has 148 valence electrons. The molecule has 28 heavy (non-hydrogen) atoms. The van der Waals surface area contributed by atoms with Crippen molar-refractivity contribution in [2.75, 3.05) is 25.0 Å². The van der Waals surface area contributed by atoms with E-state index in [1.165, 1.54) is 0 Å². The molecule has 2 amide bonds. The summed E-state index contributed by atoms with van der Waals surface area (Å²) in [7, 11) is 0. The van der Waals surface area contributed by atoms with Gasteiger partial charge in [0.25, 0.3) is 5.91 Å². The number of hydrogen-bond donors (Lipinski definition) is 3. The summed E-state index contributed by atoms with van der Waals surface area (Å²) >= 11 is 0. The standard InChI is InChI=1S/C22H27N3O3/c1-16(17-6-3-2-4-7-17)25-21(26)15-23-19-11-9-18(10-12-19)22(27)24-14-20-8-5-13-28-20/h2-4,6-7,9-12,16,20,23H,5,8,13-15H2,1H3,(H,24,27)(H,25,26). The fourth-order valence-corrected chi connectivity index (χ4v) is 3.15. The van der Waals surface area contributed by atoms with Gasteiger partial charge in [0.1, 0.15) is 0 Å². The van der Waals surface area contributed by atoms with Crippen LogP contribution in [0, 0.1) is 0 Å². The molecule has 6 nitrogen and oxygen atoms in total. The van der Waals surface area contributed by atoms with Crippen molar-refractivity contribution in [3.8, 4) is 0 Å². The largest absolute Gasteiger partial charge is 0.376 e. The van der Waals surface area contributed by atoms with E-state index < -0.39 is 0 Å². The maximum atomic E-state index is 12.2. The monoisotopic (exact) mass is 381 g/mol. The van der Waals surface area contributed by atoms with E-state index in [4.69, 9.17) is 4.74 Å². The number of carbonyl (C=O) groups is 2. The van der Waals surface area contributed by atoms with Crippen LogP contribution in [0.1, 0.15) is 41.7 Å². The maximum absolute atomic E-state index is 12.2. The van der Waals surface area contributed by atoms with E-state index in [9.17, 15) is 9.59 Å². The Balaban J connectivity index is 1.42. The lowest BCUT2D eigenvalue weighted by Gasteiger charge is -2.15. The van der Waals surface area contributed by atoms with Gasteiger partial charge in [-0.25, -0.2) is 0 Å². The van der Waals surface area contributed by atoms with Crippen molar-refractivity contribution in [2.45, 2.75) is 31.9 Å². The third-order valence-corrected chi connectivity index (χ3v) is 4.79. The molecule has 0 aliphatic carbocycles. The molecule has 2 unspecified atom stereocenters. The van der Waals surface area contributed by atoms with E-state index >= 15 is 0 Å². The lowest BCUT2D eigenvalue weighted by molar-refractivity contribution is -0.120. The predicted molar refractivity (Wildman–Crippen MR) is 109 cm³/mol. The summed E-state index contributed by atoms with van der Waals surface area (Å²) in [6, 6.07) is 16.9. The number of anilines is 1. The number of hydrogen-bond acceptors (Lipinski definition) is 4. The van der Waals surface area contributed by atoms with Gasteiger partial charge in [-0.2, -0.15) is 0 Å². The highest BCUT2D eigenvalue weighted by atomic mass is 16.5. The topological polar surface area (TPSA) is 79.5 Å². The van der Waals surface area contributed by atoms with Crippen molar-refractivity contribution in [1.29, 1.82) is 0 Å². The van der Waals surface area contributed by atoms with Crippen LogP contribution in [0.25, 0.3) is 0 Å². The summed E-state index contributed by atoms with van der Waals surface area (Å²) < 4.78 is 5.51. The Bertz CT molecular complexity index is 771. The van der Waals surface area contributed by atoms with Crippen LogP contribution in [0.5, 0.6) is 0 Å². The Morgan fingerprint density at radius 2 is 1.86 bits per heavy atom. The number of carbonyl (C=O) groups excluding carboxylic acids is 2. The molecule has 2 aromatic rings. The molecule has 0 saturated carbocycles. The first-order valence-electron chi connectivity index (χ1n) is 9.70. The van der Waals surface area contributed by atoms with Gasteiger partial charge in [-0.15, -0.1) is 0 Å². The van der Waals surface area contributed by atoms with Crippen molar-refractivity contribution in [3.05, 3.63) is 65.7 Å². The van der Waals surface area contributed by atoms with Crippen molar-refractivity contribution in [1.82, 2.24) is 10.6 Å². The minimum absolute atomic E-state index is 0.0505. The molecule has 2 atom stereocenters. The van der Waals surface area contributed by atoms with Gasteiger partial charge < -0.3 is 20.7 Å². The molecular formula is C22H27N3O3. The molecule has 0 spiro atoms. The van der Waals surface area contributed by atoms with Gasteiger partial charge in [0, 0.05) is 24.4 Å². The molecule has 1 aliphatic heterocycles. The van der Waals surface area contributed by atoms with Crippen LogP contribution in [-0.4, -0.2) is 37.6 Å². The fraction of sp³-hybridized carbons (Fsp3) is 0.364. The van der Waals surface area contributed by atoms with Gasteiger partial charge in [-0.3, -0.25) is 9.59 Å². The Kier molecular flexibility index (Phi) is 7.03. The smallest absolute Gasteiger partial charge is 0.251 e. The first-order valence-corrected chi connectivity index (χ1v) is 9.70. The zero-order valence-corrected chi connectivity index (χ0v) is 16.1. The predicted octanol–water partition coefficient (Wildman–Crippen LogP) is 2.88. The van der Waals surface area contributed by atoms with E-state index in [2.05, 4.69) is 16.0 Å². The normalized spacial score (nSPS) is 17.0. The summed E-state index contributed by atoms with van der Waals surface area (Å²) in [4.78, 5) is 24.3. The number of amides is 2. The van der Waals surface area contributed by atoms with Crippen molar-refractivity contribution >= 4 is 17.5 Å². The second-order valence-electron chi connectivity index (χ2n) is 6.98. The minimum atomic E-state index is -0.114. The molecule has 0 bridgehead atoms. The molecular weight excluding hydrogens is 354 g/mol. The van der Waals surface area contributed by atoms with Crippen LogP contribution < -0.4 is 16.0 Å². The van der Waals surface area contributed by atoms with Gasteiger partial charge in [0.05, 0.1) is 18.7 Å². The fourth-order valence-electron chi connectivity index (χ4n) is 3.15. The minimum Gasteiger partial charge on any atom is -0.376 e. The summed E-state index contributed by atoms with van der Waals surface area (Å²) in [5.74, 6) is -0.203.